The van der Waals surface area contributed by atoms with Crippen molar-refractivity contribution in [1.29, 1.82) is 0 Å². The number of carbonyl (C=O) groups is 2. The standard InChI is InChI=1S/C22H32N4O2S/c1-6-8-9-16(7-2)19(27)23-18(14(3)4)20(28)24-22-26-25-21(29-22)17-12-10-15(5)11-13-17/h10-14,16,18H,6-9H2,1-5H3,(H,23,27)(H,24,26,28)/t16-,18-/m0/s1. The molecule has 7 heteroatoms. The molecular weight excluding hydrogens is 384 g/mol. The molecule has 6 nitrogen and oxygen atoms in total. The molecule has 2 atom stereocenters. The number of aromatic nitrogens is 2. The van der Waals surface area contributed by atoms with Crippen LogP contribution >= 0.6 is 11.3 Å². The van der Waals surface area contributed by atoms with Crippen molar-refractivity contribution in [2.45, 2.75) is 66.3 Å². The molecule has 0 aliphatic heterocycles. The fourth-order valence-corrected chi connectivity index (χ4v) is 3.80. The van der Waals surface area contributed by atoms with Gasteiger partial charge in [0.05, 0.1) is 0 Å². The van der Waals surface area contributed by atoms with Crippen molar-refractivity contribution in [3.63, 3.8) is 0 Å². The molecule has 2 rings (SSSR count). The topological polar surface area (TPSA) is 84.0 Å². The van der Waals surface area contributed by atoms with Crippen molar-refractivity contribution in [2.75, 3.05) is 5.32 Å². The van der Waals surface area contributed by atoms with E-state index in [1.54, 1.807) is 0 Å². The van der Waals surface area contributed by atoms with Gasteiger partial charge in [0.1, 0.15) is 11.0 Å². The monoisotopic (exact) mass is 416 g/mol. The van der Waals surface area contributed by atoms with E-state index >= 15 is 0 Å². The first-order chi connectivity index (χ1) is 13.8. The third-order valence-corrected chi connectivity index (χ3v) is 5.86. The van der Waals surface area contributed by atoms with Crippen LogP contribution in [0, 0.1) is 18.8 Å². The molecule has 0 saturated carbocycles. The fraction of sp³-hybridized carbons (Fsp3) is 0.545. The molecule has 2 aromatic rings. The van der Waals surface area contributed by atoms with E-state index in [9.17, 15) is 9.59 Å². The van der Waals surface area contributed by atoms with Gasteiger partial charge < -0.3 is 5.32 Å². The van der Waals surface area contributed by atoms with E-state index in [4.69, 9.17) is 0 Å². The van der Waals surface area contributed by atoms with E-state index in [1.165, 1.54) is 16.9 Å². The van der Waals surface area contributed by atoms with Crippen LogP contribution in [-0.2, 0) is 9.59 Å². The number of hydrogen-bond acceptors (Lipinski definition) is 5. The molecular formula is C22H32N4O2S. The Labute approximate surface area is 177 Å². The maximum Gasteiger partial charge on any atom is 0.249 e. The summed E-state index contributed by atoms with van der Waals surface area (Å²) in [5.74, 6) is -0.400. The zero-order chi connectivity index (χ0) is 21.4. The molecule has 158 valence electrons. The molecule has 1 heterocycles. The predicted octanol–water partition coefficient (Wildman–Crippen LogP) is 4.81. The van der Waals surface area contributed by atoms with Crippen LogP contribution in [0.2, 0.25) is 0 Å². The Bertz CT molecular complexity index is 801. The summed E-state index contributed by atoms with van der Waals surface area (Å²) in [6.07, 6.45) is 3.69. The molecule has 2 amide bonds. The number of amides is 2. The SMILES string of the molecule is CCCC[C@H](CC)C(=O)N[C@H](C(=O)Nc1nnc(-c2ccc(C)cc2)s1)C(C)C. The van der Waals surface area contributed by atoms with Gasteiger partial charge in [0, 0.05) is 11.5 Å². The van der Waals surface area contributed by atoms with Crippen molar-refractivity contribution in [2.24, 2.45) is 11.8 Å². The molecule has 0 unspecified atom stereocenters. The van der Waals surface area contributed by atoms with Crippen LogP contribution in [0.4, 0.5) is 5.13 Å². The van der Waals surface area contributed by atoms with Crippen molar-refractivity contribution in [3.05, 3.63) is 29.8 Å². The van der Waals surface area contributed by atoms with Crippen molar-refractivity contribution in [3.8, 4) is 10.6 Å². The summed E-state index contributed by atoms with van der Waals surface area (Å²) in [5, 5.41) is 15.2. The van der Waals surface area contributed by atoms with Gasteiger partial charge in [0.25, 0.3) is 0 Å². The average molecular weight is 417 g/mol. The van der Waals surface area contributed by atoms with Gasteiger partial charge in [-0.25, -0.2) is 0 Å². The van der Waals surface area contributed by atoms with Crippen LogP contribution in [-0.4, -0.2) is 28.1 Å². The van der Waals surface area contributed by atoms with Gasteiger partial charge in [0.15, 0.2) is 0 Å². The summed E-state index contributed by atoms with van der Waals surface area (Å²) in [6, 6.07) is 7.40. The number of anilines is 1. The Morgan fingerprint density at radius 1 is 1.07 bits per heavy atom. The Morgan fingerprint density at radius 2 is 1.76 bits per heavy atom. The summed E-state index contributed by atoms with van der Waals surface area (Å²) in [7, 11) is 0. The molecule has 0 saturated heterocycles. The van der Waals surface area contributed by atoms with Gasteiger partial charge in [-0.15, -0.1) is 10.2 Å². The second kappa shape index (κ2) is 11.0. The first-order valence-electron chi connectivity index (χ1n) is 10.4. The normalized spacial score (nSPS) is 13.2. The van der Waals surface area contributed by atoms with E-state index in [-0.39, 0.29) is 23.7 Å². The van der Waals surface area contributed by atoms with Crippen LogP contribution in [0.3, 0.4) is 0 Å². The maximum atomic E-state index is 12.8. The highest BCUT2D eigenvalue weighted by atomic mass is 32.1. The smallest absolute Gasteiger partial charge is 0.249 e. The van der Waals surface area contributed by atoms with E-state index in [0.717, 1.165) is 36.3 Å². The number of nitrogens with zero attached hydrogens (tertiary/aromatic N) is 2. The van der Waals surface area contributed by atoms with Gasteiger partial charge in [-0.3, -0.25) is 14.9 Å². The summed E-state index contributed by atoms with van der Waals surface area (Å²) >= 11 is 1.32. The van der Waals surface area contributed by atoms with Crippen molar-refractivity contribution >= 4 is 28.3 Å². The summed E-state index contributed by atoms with van der Waals surface area (Å²) < 4.78 is 0. The number of rotatable bonds is 10. The van der Waals surface area contributed by atoms with E-state index in [2.05, 4.69) is 27.8 Å². The van der Waals surface area contributed by atoms with Crippen LogP contribution in [0.25, 0.3) is 10.6 Å². The number of hydrogen-bond donors (Lipinski definition) is 2. The average Bonchev–Trinajstić information content (AvgIpc) is 3.15. The minimum atomic E-state index is -0.607. The third kappa shape index (κ3) is 6.63. The number of nitrogens with one attached hydrogen (secondary N) is 2. The highest BCUT2D eigenvalue weighted by Crippen LogP contribution is 2.26. The molecule has 0 radical (unpaired) electrons. The second-order valence-electron chi connectivity index (χ2n) is 7.75. The van der Waals surface area contributed by atoms with Crippen LogP contribution in [0.1, 0.15) is 58.9 Å². The molecule has 1 aromatic heterocycles. The van der Waals surface area contributed by atoms with Gasteiger partial charge in [-0.05, 0) is 25.7 Å². The molecule has 1 aromatic carbocycles. The Kier molecular flexibility index (Phi) is 8.76. The molecule has 2 N–H and O–H groups in total. The molecule has 0 spiro atoms. The lowest BCUT2D eigenvalue weighted by atomic mass is 9.96. The summed E-state index contributed by atoms with van der Waals surface area (Å²) in [5.41, 5.74) is 2.13. The van der Waals surface area contributed by atoms with Crippen LogP contribution < -0.4 is 10.6 Å². The highest BCUT2D eigenvalue weighted by molar-refractivity contribution is 7.18. The van der Waals surface area contributed by atoms with E-state index in [0.29, 0.717) is 5.13 Å². The minimum Gasteiger partial charge on any atom is -0.344 e. The van der Waals surface area contributed by atoms with Crippen molar-refractivity contribution < 1.29 is 9.59 Å². The van der Waals surface area contributed by atoms with Crippen LogP contribution in [0.5, 0.6) is 0 Å². The second-order valence-corrected chi connectivity index (χ2v) is 8.72. The minimum absolute atomic E-state index is 0.0351. The fourth-order valence-electron chi connectivity index (χ4n) is 3.05. The molecule has 0 aliphatic rings. The zero-order valence-electron chi connectivity index (χ0n) is 18.0. The van der Waals surface area contributed by atoms with E-state index in [1.807, 2.05) is 52.0 Å². The van der Waals surface area contributed by atoms with Gasteiger partial charge in [-0.1, -0.05) is 81.7 Å². The Morgan fingerprint density at radius 3 is 2.34 bits per heavy atom. The molecule has 0 bridgehead atoms. The first kappa shape index (κ1) is 23.0. The molecule has 0 aliphatic carbocycles. The highest BCUT2D eigenvalue weighted by Gasteiger charge is 2.27. The summed E-state index contributed by atoms with van der Waals surface area (Å²) in [6.45, 7) is 10.0. The largest absolute Gasteiger partial charge is 0.344 e. The molecule has 29 heavy (non-hydrogen) atoms. The lowest BCUT2D eigenvalue weighted by Crippen LogP contribution is -2.49. The summed E-state index contributed by atoms with van der Waals surface area (Å²) in [4.78, 5) is 25.5. The van der Waals surface area contributed by atoms with Gasteiger partial charge in [-0.2, -0.15) is 0 Å². The quantitative estimate of drug-likeness (QED) is 0.582. The lowest BCUT2D eigenvalue weighted by Gasteiger charge is -2.24. The van der Waals surface area contributed by atoms with Gasteiger partial charge >= 0.3 is 0 Å². The molecule has 0 fully saturated rings. The number of carbonyl (C=O) groups excluding carboxylic acids is 2. The number of aryl methyl sites for hydroxylation is 1. The maximum absolute atomic E-state index is 12.8. The third-order valence-electron chi connectivity index (χ3n) is 4.97. The Hall–Kier alpha value is -2.28. The predicted molar refractivity (Wildman–Crippen MR) is 119 cm³/mol. The van der Waals surface area contributed by atoms with E-state index < -0.39 is 6.04 Å². The Balaban J connectivity index is 2.04. The number of benzene rings is 1. The van der Waals surface area contributed by atoms with Crippen LogP contribution in [0.15, 0.2) is 24.3 Å². The first-order valence-corrected chi connectivity index (χ1v) is 11.2. The van der Waals surface area contributed by atoms with Crippen molar-refractivity contribution in [1.82, 2.24) is 15.5 Å². The lowest BCUT2D eigenvalue weighted by molar-refractivity contribution is -0.130. The zero-order valence-corrected chi connectivity index (χ0v) is 18.8. The van der Waals surface area contributed by atoms with Gasteiger partial charge in [0.2, 0.25) is 16.9 Å². The number of unbranched alkanes of at least 4 members (excludes halogenated alkanes) is 1.